The molecule has 3 rings (SSSR count). The van der Waals surface area contributed by atoms with E-state index in [1.807, 2.05) is 25.1 Å². The Hall–Kier alpha value is -2.40. The predicted molar refractivity (Wildman–Crippen MR) is 101 cm³/mol. The van der Waals surface area contributed by atoms with E-state index in [2.05, 4.69) is 22.3 Å². The summed E-state index contributed by atoms with van der Waals surface area (Å²) in [6.07, 6.45) is 0.798. The predicted octanol–water partition coefficient (Wildman–Crippen LogP) is 2.95. The molecule has 4 nitrogen and oxygen atoms in total. The number of nitrogens with one attached hydrogen (secondary N) is 1. The van der Waals surface area contributed by atoms with Gasteiger partial charge in [0.15, 0.2) is 0 Å². The molecule has 1 atom stereocenters. The molecule has 0 saturated carbocycles. The lowest BCUT2D eigenvalue weighted by atomic mass is 10.1. The van der Waals surface area contributed by atoms with Crippen LogP contribution in [-0.2, 0) is 22.4 Å². The Kier molecular flexibility index (Phi) is 6.23. The fraction of sp³-hybridized carbons (Fsp3) is 0.381. The number of benzene rings is 2. The van der Waals surface area contributed by atoms with Crippen LogP contribution in [0.4, 0.5) is 10.1 Å². The van der Waals surface area contributed by atoms with Crippen LogP contribution < -0.4 is 10.2 Å². The molecule has 1 saturated heterocycles. The van der Waals surface area contributed by atoms with Crippen LogP contribution in [0.5, 0.6) is 0 Å². The van der Waals surface area contributed by atoms with E-state index in [-0.39, 0.29) is 17.8 Å². The molecular formula is C21H25FN2O2. The lowest BCUT2D eigenvalue weighted by molar-refractivity contribution is -0.121. The van der Waals surface area contributed by atoms with Crippen molar-refractivity contribution in [2.45, 2.75) is 25.8 Å². The molecule has 0 unspecified atom stereocenters. The van der Waals surface area contributed by atoms with Crippen LogP contribution in [0.1, 0.15) is 18.1 Å². The zero-order valence-corrected chi connectivity index (χ0v) is 15.1. The Balaban J connectivity index is 1.55. The number of ether oxygens (including phenoxy) is 1. The van der Waals surface area contributed by atoms with Gasteiger partial charge in [-0.25, -0.2) is 4.39 Å². The van der Waals surface area contributed by atoms with Crippen molar-refractivity contribution < 1.29 is 13.9 Å². The Morgan fingerprint density at radius 2 is 1.96 bits per heavy atom. The molecule has 1 aliphatic heterocycles. The van der Waals surface area contributed by atoms with E-state index in [0.29, 0.717) is 18.4 Å². The summed E-state index contributed by atoms with van der Waals surface area (Å²) in [6, 6.07) is 14.6. The second-order valence-electron chi connectivity index (χ2n) is 6.71. The average Bonchev–Trinajstić information content (AvgIpc) is 2.64. The molecule has 0 aromatic heterocycles. The first-order chi connectivity index (χ1) is 12.6. The fourth-order valence-electron chi connectivity index (χ4n) is 3.24. The highest BCUT2D eigenvalue weighted by Gasteiger charge is 2.14. The Bertz CT molecular complexity index is 744. The number of halogens is 1. The molecule has 2 aromatic carbocycles. The van der Waals surface area contributed by atoms with Gasteiger partial charge in [0.2, 0.25) is 5.91 Å². The summed E-state index contributed by atoms with van der Waals surface area (Å²) >= 11 is 0. The standard InChI is InChI=1S/C21H25FN2O2/c1-16(13-18-6-2-3-8-20(18)22)23-21(25)15-17-5-4-7-19(14-17)24-9-11-26-12-10-24/h2-8,14,16H,9-13,15H2,1H3,(H,23,25)/t16-/m1/s1. The topological polar surface area (TPSA) is 41.6 Å². The van der Waals surface area contributed by atoms with Crippen molar-refractivity contribution in [1.29, 1.82) is 0 Å². The second kappa shape index (κ2) is 8.81. The van der Waals surface area contributed by atoms with Crippen molar-refractivity contribution in [2.24, 2.45) is 0 Å². The number of rotatable bonds is 6. The Morgan fingerprint density at radius 3 is 2.73 bits per heavy atom. The van der Waals surface area contributed by atoms with Gasteiger partial charge in [-0.2, -0.15) is 0 Å². The molecule has 1 N–H and O–H groups in total. The van der Waals surface area contributed by atoms with Crippen LogP contribution in [0, 0.1) is 5.82 Å². The monoisotopic (exact) mass is 356 g/mol. The minimum Gasteiger partial charge on any atom is -0.378 e. The summed E-state index contributed by atoms with van der Waals surface area (Å²) < 4.78 is 19.1. The van der Waals surface area contributed by atoms with E-state index >= 15 is 0 Å². The van der Waals surface area contributed by atoms with Crippen molar-refractivity contribution in [3.05, 3.63) is 65.5 Å². The lowest BCUT2D eigenvalue weighted by Gasteiger charge is -2.29. The van der Waals surface area contributed by atoms with Crippen LogP contribution in [0.15, 0.2) is 48.5 Å². The van der Waals surface area contributed by atoms with Gasteiger partial charge in [-0.1, -0.05) is 30.3 Å². The van der Waals surface area contributed by atoms with Crippen LogP contribution in [0.3, 0.4) is 0 Å². The molecule has 1 heterocycles. The van der Waals surface area contributed by atoms with Crippen molar-refractivity contribution in [1.82, 2.24) is 5.32 Å². The number of amides is 1. The summed E-state index contributed by atoms with van der Waals surface area (Å²) in [5.41, 5.74) is 2.72. The molecule has 2 aromatic rings. The lowest BCUT2D eigenvalue weighted by Crippen LogP contribution is -2.36. The van der Waals surface area contributed by atoms with Gasteiger partial charge in [-0.3, -0.25) is 4.79 Å². The van der Waals surface area contributed by atoms with Crippen LogP contribution in [-0.4, -0.2) is 38.3 Å². The number of hydrogen-bond acceptors (Lipinski definition) is 3. The molecule has 5 heteroatoms. The number of hydrogen-bond donors (Lipinski definition) is 1. The van der Waals surface area contributed by atoms with Gasteiger partial charge in [-0.05, 0) is 42.7 Å². The van der Waals surface area contributed by atoms with Gasteiger partial charge in [0.1, 0.15) is 5.82 Å². The van der Waals surface area contributed by atoms with Gasteiger partial charge in [0.05, 0.1) is 19.6 Å². The fourth-order valence-corrected chi connectivity index (χ4v) is 3.24. The van der Waals surface area contributed by atoms with Gasteiger partial charge >= 0.3 is 0 Å². The number of anilines is 1. The molecule has 0 aliphatic carbocycles. The summed E-state index contributed by atoms with van der Waals surface area (Å²) in [6.45, 7) is 5.11. The normalized spacial score (nSPS) is 15.5. The van der Waals surface area contributed by atoms with Gasteiger partial charge in [0.25, 0.3) is 0 Å². The molecule has 1 aliphatic rings. The molecule has 26 heavy (non-hydrogen) atoms. The average molecular weight is 356 g/mol. The first-order valence-electron chi connectivity index (χ1n) is 9.06. The smallest absolute Gasteiger partial charge is 0.224 e. The number of carbonyl (C=O) groups excluding carboxylic acids is 1. The summed E-state index contributed by atoms with van der Waals surface area (Å²) in [5.74, 6) is -0.278. The number of morpholine rings is 1. The maximum atomic E-state index is 13.7. The van der Waals surface area contributed by atoms with Crippen molar-refractivity contribution in [3.8, 4) is 0 Å². The first kappa shape index (κ1) is 18.4. The number of carbonyl (C=O) groups is 1. The van der Waals surface area contributed by atoms with Crippen molar-refractivity contribution in [2.75, 3.05) is 31.2 Å². The van der Waals surface area contributed by atoms with Crippen molar-refractivity contribution >= 4 is 11.6 Å². The van der Waals surface area contributed by atoms with Crippen LogP contribution >= 0.6 is 0 Å². The third-order valence-electron chi connectivity index (χ3n) is 4.54. The summed E-state index contributed by atoms with van der Waals surface area (Å²) in [7, 11) is 0. The van der Waals surface area contributed by atoms with E-state index in [9.17, 15) is 9.18 Å². The van der Waals surface area contributed by atoms with Gasteiger partial charge in [-0.15, -0.1) is 0 Å². The third-order valence-corrected chi connectivity index (χ3v) is 4.54. The largest absolute Gasteiger partial charge is 0.378 e. The highest BCUT2D eigenvalue weighted by Crippen LogP contribution is 2.18. The highest BCUT2D eigenvalue weighted by molar-refractivity contribution is 5.79. The third kappa shape index (κ3) is 5.05. The molecule has 0 spiro atoms. The Labute approximate surface area is 154 Å². The minimum absolute atomic E-state index is 0.0482. The zero-order valence-electron chi connectivity index (χ0n) is 15.1. The molecule has 0 radical (unpaired) electrons. The van der Waals surface area contributed by atoms with E-state index in [1.54, 1.807) is 12.1 Å². The quantitative estimate of drug-likeness (QED) is 0.865. The van der Waals surface area contributed by atoms with Gasteiger partial charge in [0, 0.05) is 24.8 Å². The van der Waals surface area contributed by atoms with Crippen LogP contribution in [0.25, 0.3) is 0 Å². The molecule has 0 bridgehead atoms. The SMILES string of the molecule is C[C@H](Cc1ccccc1F)NC(=O)Cc1cccc(N2CCOCC2)c1. The van der Waals surface area contributed by atoms with E-state index in [1.165, 1.54) is 6.07 Å². The second-order valence-corrected chi connectivity index (χ2v) is 6.71. The minimum atomic E-state index is -0.230. The zero-order chi connectivity index (χ0) is 18.4. The van der Waals surface area contributed by atoms with E-state index in [0.717, 1.165) is 37.6 Å². The van der Waals surface area contributed by atoms with Crippen molar-refractivity contribution in [3.63, 3.8) is 0 Å². The molecule has 1 amide bonds. The first-order valence-corrected chi connectivity index (χ1v) is 9.06. The van der Waals surface area contributed by atoms with Crippen LogP contribution in [0.2, 0.25) is 0 Å². The maximum absolute atomic E-state index is 13.7. The number of nitrogens with zero attached hydrogens (tertiary/aromatic N) is 1. The summed E-state index contributed by atoms with van der Waals surface area (Å²) in [4.78, 5) is 14.6. The maximum Gasteiger partial charge on any atom is 0.224 e. The molecule has 138 valence electrons. The van der Waals surface area contributed by atoms with Gasteiger partial charge < -0.3 is 15.0 Å². The van der Waals surface area contributed by atoms with E-state index in [4.69, 9.17) is 4.74 Å². The highest BCUT2D eigenvalue weighted by atomic mass is 19.1. The van der Waals surface area contributed by atoms with E-state index < -0.39 is 0 Å². The molecular weight excluding hydrogens is 331 g/mol. The Morgan fingerprint density at radius 1 is 1.19 bits per heavy atom. The summed E-state index contributed by atoms with van der Waals surface area (Å²) in [5, 5.41) is 2.96. The molecule has 1 fully saturated rings.